The minimum atomic E-state index is -1.05. The maximum Gasteiger partial charge on any atom is 0.304 e. The van der Waals surface area contributed by atoms with Gasteiger partial charge < -0.3 is 21.5 Å². The van der Waals surface area contributed by atoms with Crippen LogP contribution in [-0.2, 0) is 14.4 Å². The van der Waals surface area contributed by atoms with Crippen LogP contribution < -0.4 is 16.4 Å². The Morgan fingerprint density at radius 3 is 2.20 bits per heavy atom. The molecular formula is C12H23N3O4S. The van der Waals surface area contributed by atoms with Gasteiger partial charge in [-0.1, -0.05) is 0 Å². The zero-order valence-electron chi connectivity index (χ0n) is 12.0. The molecular weight excluding hydrogens is 282 g/mol. The average molecular weight is 305 g/mol. The molecule has 0 bridgehead atoms. The molecule has 2 atom stereocenters. The largest absolute Gasteiger partial charge is 0.481 e. The Bertz CT molecular complexity index is 350. The van der Waals surface area contributed by atoms with Crippen molar-refractivity contribution in [3.63, 3.8) is 0 Å². The SMILES string of the molecule is CSCC(CC(=O)O)C(=O)NC(CN)C(=O)NC(C)C. The van der Waals surface area contributed by atoms with E-state index >= 15 is 0 Å². The first kappa shape index (κ1) is 18.7. The van der Waals surface area contributed by atoms with Gasteiger partial charge in [-0.15, -0.1) is 0 Å². The maximum absolute atomic E-state index is 12.0. The van der Waals surface area contributed by atoms with Crippen LogP contribution in [0.3, 0.4) is 0 Å². The third-order valence-electron chi connectivity index (χ3n) is 2.46. The van der Waals surface area contributed by atoms with Gasteiger partial charge in [0, 0.05) is 18.3 Å². The van der Waals surface area contributed by atoms with Gasteiger partial charge in [0.1, 0.15) is 6.04 Å². The molecule has 2 unspecified atom stereocenters. The Morgan fingerprint density at radius 2 is 1.80 bits per heavy atom. The van der Waals surface area contributed by atoms with Gasteiger partial charge in [-0.25, -0.2) is 0 Å². The first-order valence-electron chi connectivity index (χ1n) is 6.33. The number of carboxylic acid groups (broad SMARTS) is 1. The summed E-state index contributed by atoms with van der Waals surface area (Å²) < 4.78 is 0. The van der Waals surface area contributed by atoms with Crippen molar-refractivity contribution in [3.05, 3.63) is 0 Å². The quantitative estimate of drug-likeness (QED) is 0.452. The summed E-state index contributed by atoms with van der Waals surface area (Å²) >= 11 is 1.38. The van der Waals surface area contributed by atoms with Gasteiger partial charge in [-0.3, -0.25) is 14.4 Å². The number of nitrogens with one attached hydrogen (secondary N) is 2. The minimum Gasteiger partial charge on any atom is -0.481 e. The Labute approximate surface area is 123 Å². The fourth-order valence-corrected chi connectivity index (χ4v) is 2.22. The first-order valence-corrected chi connectivity index (χ1v) is 7.72. The predicted octanol–water partition coefficient (Wildman–Crippen LogP) is -0.592. The summed E-state index contributed by atoms with van der Waals surface area (Å²) in [5.41, 5.74) is 5.48. The summed E-state index contributed by atoms with van der Waals surface area (Å²) in [7, 11) is 0. The van der Waals surface area contributed by atoms with Crippen molar-refractivity contribution < 1.29 is 19.5 Å². The molecule has 2 amide bonds. The van der Waals surface area contributed by atoms with E-state index in [2.05, 4.69) is 10.6 Å². The van der Waals surface area contributed by atoms with Crippen molar-refractivity contribution in [2.45, 2.75) is 32.4 Å². The molecule has 0 heterocycles. The molecule has 0 saturated heterocycles. The van der Waals surface area contributed by atoms with Gasteiger partial charge in [-0.05, 0) is 20.1 Å². The molecule has 0 saturated carbocycles. The zero-order chi connectivity index (χ0) is 15.7. The fourth-order valence-electron chi connectivity index (χ4n) is 1.55. The first-order chi connectivity index (χ1) is 9.31. The molecule has 0 rings (SSSR count). The Morgan fingerprint density at radius 1 is 1.20 bits per heavy atom. The highest BCUT2D eigenvalue weighted by Gasteiger charge is 2.26. The highest BCUT2D eigenvalue weighted by Crippen LogP contribution is 2.10. The van der Waals surface area contributed by atoms with Crippen LogP contribution in [0.1, 0.15) is 20.3 Å². The van der Waals surface area contributed by atoms with Crippen LogP contribution >= 0.6 is 11.8 Å². The highest BCUT2D eigenvalue weighted by atomic mass is 32.2. The topological polar surface area (TPSA) is 122 Å². The monoisotopic (exact) mass is 305 g/mol. The lowest BCUT2D eigenvalue weighted by atomic mass is 10.1. The molecule has 7 nitrogen and oxygen atoms in total. The van der Waals surface area contributed by atoms with Crippen LogP contribution in [-0.4, -0.2) is 53.5 Å². The van der Waals surface area contributed by atoms with Crippen molar-refractivity contribution >= 4 is 29.5 Å². The number of hydrogen-bond acceptors (Lipinski definition) is 5. The third-order valence-corrected chi connectivity index (χ3v) is 3.19. The number of amides is 2. The van der Waals surface area contributed by atoms with Crippen molar-refractivity contribution in [2.24, 2.45) is 11.7 Å². The van der Waals surface area contributed by atoms with E-state index in [1.165, 1.54) is 11.8 Å². The minimum absolute atomic E-state index is 0.0383. The van der Waals surface area contributed by atoms with Crippen molar-refractivity contribution in [1.82, 2.24) is 10.6 Å². The molecule has 0 aromatic rings. The van der Waals surface area contributed by atoms with Gasteiger partial charge in [0.15, 0.2) is 0 Å². The summed E-state index contributed by atoms with van der Waals surface area (Å²) in [6.07, 6.45) is 1.52. The number of hydrogen-bond donors (Lipinski definition) is 4. The van der Waals surface area contributed by atoms with Crippen LogP contribution in [0.25, 0.3) is 0 Å². The second kappa shape index (κ2) is 9.60. The summed E-state index contributed by atoms with van der Waals surface area (Å²) in [6.45, 7) is 3.56. The molecule has 0 aliphatic heterocycles. The second-order valence-electron chi connectivity index (χ2n) is 4.71. The lowest BCUT2D eigenvalue weighted by Gasteiger charge is -2.21. The molecule has 20 heavy (non-hydrogen) atoms. The Kier molecular flexibility index (Phi) is 8.98. The maximum atomic E-state index is 12.0. The van der Waals surface area contributed by atoms with E-state index in [1.54, 1.807) is 20.1 Å². The number of rotatable bonds is 9. The molecule has 5 N–H and O–H groups in total. The van der Waals surface area contributed by atoms with Gasteiger partial charge in [0.2, 0.25) is 11.8 Å². The summed E-state index contributed by atoms with van der Waals surface area (Å²) in [4.78, 5) is 34.5. The summed E-state index contributed by atoms with van der Waals surface area (Å²) in [6, 6.07) is -0.905. The molecule has 0 aromatic carbocycles. The van der Waals surface area contributed by atoms with Gasteiger partial charge >= 0.3 is 5.97 Å². The molecule has 0 fully saturated rings. The van der Waals surface area contributed by atoms with E-state index in [0.29, 0.717) is 5.75 Å². The molecule has 0 aliphatic carbocycles. The van der Waals surface area contributed by atoms with Crippen LogP contribution in [0.5, 0.6) is 0 Å². The normalized spacial score (nSPS) is 13.7. The van der Waals surface area contributed by atoms with E-state index in [0.717, 1.165) is 0 Å². The molecule has 8 heteroatoms. The zero-order valence-corrected chi connectivity index (χ0v) is 12.8. The highest BCUT2D eigenvalue weighted by molar-refractivity contribution is 7.98. The lowest BCUT2D eigenvalue weighted by Crippen LogP contribution is -2.53. The van der Waals surface area contributed by atoms with Gasteiger partial charge in [0.25, 0.3) is 0 Å². The van der Waals surface area contributed by atoms with Crippen LogP contribution in [0.15, 0.2) is 0 Å². The van der Waals surface area contributed by atoms with E-state index in [-0.39, 0.29) is 24.9 Å². The molecule has 116 valence electrons. The number of carbonyl (C=O) groups is 3. The predicted molar refractivity (Wildman–Crippen MR) is 78.4 cm³/mol. The Balaban J connectivity index is 4.64. The van der Waals surface area contributed by atoms with Crippen LogP contribution in [0.2, 0.25) is 0 Å². The number of nitrogens with two attached hydrogens (primary N) is 1. The lowest BCUT2D eigenvalue weighted by molar-refractivity contribution is -0.141. The van der Waals surface area contributed by atoms with E-state index in [4.69, 9.17) is 10.8 Å². The van der Waals surface area contributed by atoms with Crippen molar-refractivity contribution in [2.75, 3.05) is 18.6 Å². The van der Waals surface area contributed by atoms with Gasteiger partial charge in [0.05, 0.1) is 12.3 Å². The second-order valence-corrected chi connectivity index (χ2v) is 5.62. The number of aliphatic carboxylic acids is 1. The van der Waals surface area contributed by atoms with E-state index in [9.17, 15) is 14.4 Å². The van der Waals surface area contributed by atoms with Gasteiger partial charge in [-0.2, -0.15) is 11.8 Å². The van der Waals surface area contributed by atoms with Crippen molar-refractivity contribution in [1.29, 1.82) is 0 Å². The average Bonchev–Trinajstić information content (AvgIpc) is 2.33. The standard InChI is InChI=1S/C12H23N3O4S/c1-7(2)14-12(19)9(5-13)15-11(18)8(6-20-3)4-10(16)17/h7-9H,4-6,13H2,1-3H3,(H,14,19)(H,15,18)(H,16,17). The smallest absolute Gasteiger partial charge is 0.304 e. The fraction of sp³-hybridized carbons (Fsp3) is 0.750. The molecule has 0 aliphatic rings. The molecule has 0 radical (unpaired) electrons. The number of carbonyl (C=O) groups excluding carboxylic acids is 2. The van der Waals surface area contributed by atoms with Crippen molar-refractivity contribution in [3.8, 4) is 0 Å². The number of thioether (sulfide) groups is 1. The Hall–Kier alpha value is -1.28. The molecule has 0 aromatic heterocycles. The van der Waals surface area contributed by atoms with E-state index < -0.39 is 23.8 Å². The number of carboxylic acids is 1. The summed E-state index contributed by atoms with van der Waals surface area (Å²) in [5, 5.41) is 14.0. The summed E-state index contributed by atoms with van der Waals surface area (Å²) in [5.74, 6) is -2.18. The van der Waals surface area contributed by atoms with Crippen LogP contribution in [0.4, 0.5) is 0 Å². The van der Waals surface area contributed by atoms with E-state index in [1.807, 2.05) is 0 Å². The molecule has 0 spiro atoms. The third kappa shape index (κ3) is 7.34. The van der Waals surface area contributed by atoms with Crippen LogP contribution in [0, 0.1) is 5.92 Å².